The number of esters is 1. The Labute approximate surface area is 124 Å². The zero-order chi connectivity index (χ0) is 15.5. The summed E-state index contributed by atoms with van der Waals surface area (Å²) in [7, 11) is -2.54. The molecule has 1 saturated carbocycles. The number of aliphatic hydroxyl groups excluding tert-OH is 1. The van der Waals surface area contributed by atoms with Gasteiger partial charge in [-0.15, -0.1) is 0 Å². The molecule has 2 N–H and O–H groups in total. The molecule has 116 valence electrons. The van der Waals surface area contributed by atoms with Crippen molar-refractivity contribution in [1.82, 2.24) is 4.72 Å². The molecule has 0 aliphatic heterocycles. The SMILES string of the molecule is COC(=O)c1cccc(S(=O)(=O)N[C@H]2CCCC[C@@H]2O)c1. The summed E-state index contributed by atoms with van der Waals surface area (Å²) in [6.45, 7) is 0. The Morgan fingerprint density at radius 2 is 2.05 bits per heavy atom. The minimum absolute atomic E-state index is 0.0110. The molecule has 0 amide bonds. The fourth-order valence-corrected chi connectivity index (χ4v) is 3.77. The number of aliphatic hydroxyl groups is 1. The Bertz CT molecular complexity index is 614. The number of methoxy groups -OCH3 is 1. The average molecular weight is 313 g/mol. The summed E-state index contributed by atoms with van der Waals surface area (Å²) in [5.74, 6) is -0.593. The minimum Gasteiger partial charge on any atom is -0.465 e. The predicted molar refractivity (Wildman–Crippen MR) is 76.4 cm³/mol. The molecular formula is C14H19NO5S. The molecular weight excluding hydrogens is 294 g/mol. The predicted octanol–water partition coefficient (Wildman–Crippen LogP) is 1.05. The molecule has 0 radical (unpaired) electrons. The van der Waals surface area contributed by atoms with Crippen LogP contribution in [0.2, 0.25) is 0 Å². The quantitative estimate of drug-likeness (QED) is 0.811. The number of sulfonamides is 1. The van der Waals surface area contributed by atoms with E-state index in [0.717, 1.165) is 12.8 Å². The Morgan fingerprint density at radius 1 is 1.33 bits per heavy atom. The maximum Gasteiger partial charge on any atom is 0.337 e. The highest BCUT2D eigenvalue weighted by Gasteiger charge is 2.28. The van der Waals surface area contributed by atoms with E-state index in [0.29, 0.717) is 12.8 Å². The maximum atomic E-state index is 12.3. The van der Waals surface area contributed by atoms with Gasteiger partial charge in [-0.05, 0) is 31.0 Å². The number of hydrogen-bond donors (Lipinski definition) is 2. The second-order valence-corrected chi connectivity index (χ2v) is 6.81. The van der Waals surface area contributed by atoms with Crippen molar-refractivity contribution in [3.8, 4) is 0 Å². The van der Waals surface area contributed by atoms with E-state index in [1.165, 1.54) is 31.4 Å². The lowest BCUT2D eigenvalue weighted by Gasteiger charge is -2.28. The van der Waals surface area contributed by atoms with Crippen LogP contribution in [-0.2, 0) is 14.8 Å². The number of benzene rings is 1. The Kier molecular flexibility index (Phi) is 4.97. The van der Waals surface area contributed by atoms with Gasteiger partial charge >= 0.3 is 5.97 Å². The first-order valence-corrected chi connectivity index (χ1v) is 8.31. The molecule has 0 unspecified atom stereocenters. The molecule has 1 aliphatic carbocycles. The van der Waals surface area contributed by atoms with Crippen LogP contribution in [0.15, 0.2) is 29.2 Å². The molecule has 0 bridgehead atoms. The summed E-state index contributed by atoms with van der Waals surface area (Å²) in [6.07, 6.45) is 2.31. The standard InChI is InChI=1S/C14H19NO5S/c1-20-14(17)10-5-4-6-11(9-10)21(18,19)15-12-7-2-3-8-13(12)16/h4-6,9,12-13,15-16H,2-3,7-8H2,1H3/t12-,13-/m0/s1. The summed E-state index contributed by atoms with van der Waals surface area (Å²) in [5, 5.41) is 9.86. The van der Waals surface area contributed by atoms with Crippen LogP contribution in [0, 0.1) is 0 Å². The monoisotopic (exact) mass is 313 g/mol. The summed E-state index contributed by atoms with van der Waals surface area (Å²) in [5.41, 5.74) is 0.171. The highest BCUT2D eigenvalue weighted by Crippen LogP contribution is 2.21. The molecule has 0 saturated heterocycles. The van der Waals surface area contributed by atoms with Crippen molar-refractivity contribution in [3.63, 3.8) is 0 Å². The summed E-state index contributed by atoms with van der Waals surface area (Å²) in [6, 6.07) is 5.16. The first-order valence-electron chi connectivity index (χ1n) is 6.83. The highest BCUT2D eigenvalue weighted by atomic mass is 32.2. The summed E-state index contributed by atoms with van der Waals surface area (Å²) >= 11 is 0. The molecule has 1 aliphatic rings. The normalized spacial score (nSPS) is 22.8. The smallest absolute Gasteiger partial charge is 0.337 e. The lowest BCUT2D eigenvalue weighted by molar-refractivity contribution is 0.0600. The Hall–Kier alpha value is -1.44. The largest absolute Gasteiger partial charge is 0.465 e. The number of carbonyl (C=O) groups is 1. The van der Waals surface area contributed by atoms with E-state index in [2.05, 4.69) is 9.46 Å². The van der Waals surface area contributed by atoms with Gasteiger partial charge in [0.25, 0.3) is 0 Å². The highest BCUT2D eigenvalue weighted by molar-refractivity contribution is 7.89. The molecule has 2 atom stereocenters. The van der Waals surface area contributed by atoms with E-state index in [1.54, 1.807) is 0 Å². The third-order valence-electron chi connectivity index (χ3n) is 3.60. The second kappa shape index (κ2) is 6.55. The fraction of sp³-hybridized carbons (Fsp3) is 0.500. The van der Waals surface area contributed by atoms with Gasteiger partial charge in [-0.1, -0.05) is 18.9 Å². The molecule has 6 nitrogen and oxygen atoms in total. The number of nitrogens with one attached hydrogen (secondary N) is 1. The molecule has 1 fully saturated rings. The van der Waals surface area contributed by atoms with Crippen molar-refractivity contribution in [2.45, 2.75) is 42.7 Å². The Morgan fingerprint density at radius 3 is 2.71 bits per heavy atom. The molecule has 2 rings (SSSR count). The molecule has 1 aromatic rings. The van der Waals surface area contributed by atoms with Gasteiger partial charge in [-0.3, -0.25) is 0 Å². The van der Waals surface area contributed by atoms with Crippen LogP contribution in [0.5, 0.6) is 0 Å². The van der Waals surface area contributed by atoms with Crippen LogP contribution >= 0.6 is 0 Å². The van der Waals surface area contributed by atoms with E-state index in [4.69, 9.17) is 0 Å². The van der Waals surface area contributed by atoms with Crippen LogP contribution in [-0.4, -0.2) is 38.7 Å². The van der Waals surface area contributed by atoms with Gasteiger partial charge < -0.3 is 9.84 Å². The first-order chi connectivity index (χ1) is 9.94. The number of hydrogen-bond acceptors (Lipinski definition) is 5. The van der Waals surface area contributed by atoms with Crippen molar-refractivity contribution in [2.24, 2.45) is 0 Å². The lowest BCUT2D eigenvalue weighted by Crippen LogP contribution is -2.44. The van der Waals surface area contributed by atoms with Crippen LogP contribution in [0.1, 0.15) is 36.0 Å². The molecule has 1 aromatic carbocycles. The van der Waals surface area contributed by atoms with Crippen LogP contribution in [0.4, 0.5) is 0 Å². The second-order valence-electron chi connectivity index (χ2n) is 5.10. The molecule has 7 heteroatoms. The lowest BCUT2D eigenvalue weighted by atomic mass is 9.93. The van der Waals surface area contributed by atoms with E-state index in [-0.39, 0.29) is 10.5 Å². The number of rotatable bonds is 4. The van der Waals surface area contributed by atoms with Gasteiger partial charge in [0.15, 0.2) is 0 Å². The fourth-order valence-electron chi connectivity index (χ4n) is 2.42. The van der Waals surface area contributed by atoms with Gasteiger partial charge in [0.1, 0.15) is 0 Å². The van der Waals surface area contributed by atoms with Crippen molar-refractivity contribution >= 4 is 16.0 Å². The third-order valence-corrected chi connectivity index (χ3v) is 5.09. The zero-order valence-corrected chi connectivity index (χ0v) is 12.6. The average Bonchev–Trinajstić information content (AvgIpc) is 2.49. The Balaban J connectivity index is 2.21. The van der Waals surface area contributed by atoms with Crippen molar-refractivity contribution in [3.05, 3.63) is 29.8 Å². The molecule has 0 heterocycles. The van der Waals surface area contributed by atoms with Gasteiger partial charge in [0, 0.05) is 6.04 Å². The van der Waals surface area contributed by atoms with Crippen LogP contribution in [0.3, 0.4) is 0 Å². The van der Waals surface area contributed by atoms with Crippen LogP contribution < -0.4 is 4.72 Å². The van der Waals surface area contributed by atoms with E-state index in [9.17, 15) is 18.3 Å². The van der Waals surface area contributed by atoms with Gasteiger partial charge in [-0.2, -0.15) is 0 Å². The molecule has 0 spiro atoms. The van der Waals surface area contributed by atoms with Crippen molar-refractivity contribution in [2.75, 3.05) is 7.11 Å². The molecule has 0 aromatic heterocycles. The van der Waals surface area contributed by atoms with Gasteiger partial charge in [0.2, 0.25) is 10.0 Å². The van der Waals surface area contributed by atoms with E-state index < -0.39 is 28.1 Å². The number of ether oxygens (including phenoxy) is 1. The van der Waals surface area contributed by atoms with Crippen LogP contribution in [0.25, 0.3) is 0 Å². The topological polar surface area (TPSA) is 92.7 Å². The van der Waals surface area contributed by atoms with E-state index >= 15 is 0 Å². The third kappa shape index (κ3) is 3.81. The maximum absolute atomic E-state index is 12.3. The van der Waals surface area contributed by atoms with Crippen molar-refractivity contribution < 1.29 is 23.1 Å². The van der Waals surface area contributed by atoms with Gasteiger partial charge in [-0.25, -0.2) is 17.9 Å². The van der Waals surface area contributed by atoms with Gasteiger partial charge in [0.05, 0.1) is 23.7 Å². The van der Waals surface area contributed by atoms with E-state index in [1.807, 2.05) is 0 Å². The number of carbonyl (C=O) groups excluding carboxylic acids is 1. The first kappa shape index (κ1) is 15.9. The summed E-state index contributed by atoms with van der Waals surface area (Å²) < 4.78 is 31.8. The summed E-state index contributed by atoms with van der Waals surface area (Å²) in [4.78, 5) is 11.4. The van der Waals surface area contributed by atoms with Crippen molar-refractivity contribution in [1.29, 1.82) is 0 Å². The minimum atomic E-state index is -3.77. The molecule has 21 heavy (non-hydrogen) atoms. The zero-order valence-electron chi connectivity index (χ0n) is 11.8.